The highest BCUT2D eigenvalue weighted by Crippen LogP contribution is 2.42. The average molecular weight is 504 g/mol. The third-order valence-corrected chi connectivity index (χ3v) is 6.91. The molecule has 0 aliphatic carbocycles. The first-order chi connectivity index (χ1) is 15.3. The summed E-state index contributed by atoms with van der Waals surface area (Å²) in [5.41, 5.74) is 0.0847. The summed E-state index contributed by atoms with van der Waals surface area (Å²) in [7, 11) is 3.50. The topological polar surface area (TPSA) is 61.4 Å². The van der Waals surface area contributed by atoms with E-state index in [4.69, 9.17) is 23.2 Å². The zero-order chi connectivity index (χ0) is 24.6. The molecule has 2 unspecified atom stereocenters. The number of carbonyl (C=O) groups is 1. The van der Waals surface area contributed by atoms with Crippen molar-refractivity contribution in [3.05, 3.63) is 46.3 Å². The van der Waals surface area contributed by atoms with Crippen LogP contribution >= 0.6 is 23.2 Å². The molecule has 1 N–H and O–H groups in total. The molecule has 33 heavy (non-hydrogen) atoms. The summed E-state index contributed by atoms with van der Waals surface area (Å²) in [6, 6.07) is -0.785. The number of nitrogens with zero attached hydrogens (tertiary/aromatic N) is 4. The maximum atomic E-state index is 14.0. The Hall–Kier alpha value is -2.10. The van der Waals surface area contributed by atoms with Gasteiger partial charge < -0.3 is 15.1 Å². The van der Waals surface area contributed by atoms with Gasteiger partial charge in [-0.3, -0.25) is 9.97 Å². The number of hydrogen-bond donors (Lipinski definition) is 1. The van der Waals surface area contributed by atoms with Gasteiger partial charge >= 0.3 is 12.2 Å². The van der Waals surface area contributed by atoms with Crippen LogP contribution in [0.15, 0.2) is 30.7 Å². The van der Waals surface area contributed by atoms with Gasteiger partial charge in [-0.1, -0.05) is 49.2 Å². The van der Waals surface area contributed by atoms with E-state index in [0.29, 0.717) is 17.7 Å². The summed E-state index contributed by atoms with van der Waals surface area (Å²) in [6.45, 7) is 5.48. The van der Waals surface area contributed by atoms with E-state index in [2.05, 4.69) is 20.2 Å². The number of rotatable bonds is 4. The zero-order valence-electron chi connectivity index (χ0n) is 18.7. The lowest BCUT2D eigenvalue weighted by Gasteiger charge is -2.47. The molecule has 1 aliphatic rings. The highest BCUT2D eigenvalue weighted by molar-refractivity contribution is 6.44. The van der Waals surface area contributed by atoms with Crippen molar-refractivity contribution >= 4 is 29.2 Å². The van der Waals surface area contributed by atoms with E-state index in [0.717, 1.165) is 13.1 Å². The van der Waals surface area contributed by atoms with Gasteiger partial charge in [0.15, 0.2) is 6.04 Å². The van der Waals surface area contributed by atoms with Crippen LogP contribution in [0, 0.1) is 5.41 Å². The first kappa shape index (κ1) is 25.5. The van der Waals surface area contributed by atoms with Gasteiger partial charge in [-0.05, 0) is 25.4 Å². The molecule has 1 saturated heterocycles. The van der Waals surface area contributed by atoms with Crippen LogP contribution in [-0.4, -0.2) is 65.2 Å². The molecule has 2 atom stereocenters. The number of urea groups is 1. The van der Waals surface area contributed by atoms with Gasteiger partial charge in [0.25, 0.3) is 0 Å². The van der Waals surface area contributed by atoms with Gasteiger partial charge in [0.05, 0.1) is 21.9 Å². The van der Waals surface area contributed by atoms with Gasteiger partial charge in [0.2, 0.25) is 0 Å². The van der Waals surface area contributed by atoms with E-state index >= 15 is 0 Å². The summed E-state index contributed by atoms with van der Waals surface area (Å²) in [4.78, 5) is 24.5. The van der Waals surface area contributed by atoms with E-state index < -0.39 is 18.2 Å². The standard InChI is InChI=1S/C22H26Cl2F3N5O/c1-21(2)12-31(3)10-7-16(21)32(4)20(33)30-19(22(25,26)27)14-6-5-13(17(23)18(14)24)15-11-28-8-9-29-15/h5-6,8-9,11,16,19H,7,10,12H2,1-4H3,(H,30,33). The molecule has 3 rings (SSSR count). The second-order valence-electron chi connectivity index (χ2n) is 8.99. The second-order valence-corrected chi connectivity index (χ2v) is 9.74. The van der Waals surface area contributed by atoms with E-state index in [1.54, 1.807) is 0 Å². The second kappa shape index (κ2) is 9.64. The number of hydrogen-bond acceptors (Lipinski definition) is 4. The number of carbonyl (C=O) groups excluding carboxylic acids is 1. The summed E-state index contributed by atoms with van der Waals surface area (Å²) in [5, 5.41) is 1.73. The van der Waals surface area contributed by atoms with Crippen LogP contribution < -0.4 is 5.32 Å². The minimum atomic E-state index is -4.79. The lowest BCUT2D eigenvalue weighted by atomic mass is 9.78. The Morgan fingerprint density at radius 1 is 1.27 bits per heavy atom. The first-order valence-electron chi connectivity index (χ1n) is 10.4. The highest BCUT2D eigenvalue weighted by atomic mass is 35.5. The number of alkyl halides is 3. The number of benzene rings is 1. The molecule has 2 heterocycles. The van der Waals surface area contributed by atoms with Crippen LogP contribution in [-0.2, 0) is 0 Å². The molecule has 0 saturated carbocycles. The fourth-order valence-corrected chi connectivity index (χ4v) is 5.00. The SMILES string of the molecule is CN1CCC(N(C)C(=O)NC(c2ccc(-c3cnccn3)c(Cl)c2Cl)C(F)(F)F)C(C)(C)C1. The summed E-state index contributed by atoms with van der Waals surface area (Å²) >= 11 is 12.6. The Kier molecular flexibility index (Phi) is 7.45. The van der Waals surface area contributed by atoms with Crippen molar-refractivity contribution < 1.29 is 18.0 Å². The molecule has 0 spiro atoms. The number of halogens is 5. The van der Waals surface area contributed by atoms with E-state index in [1.165, 1.54) is 42.7 Å². The number of piperidine rings is 1. The van der Waals surface area contributed by atoms with Gasteiger partial charge in [0, 0.05) is 43.2 Å². The maximum Gasteiger partial charge on any atom is 0.412 e. The van der Waals surface area contributed by atoms with Crippen molar-refractivity contribution in [3.8, 4) is 11.3 Å². The highest BCUT2D eigenvalue weighted by Gasteiger charge is 2.45. The van der Waals surface area contributed by atoms with Crippen LogP contribution in [0.2, 0.25) is 10.0 Å². The van der Waals surface area contributed by atoms with E-state index in [9.17, 15) is 18.0 Å². The van der Waals surface area contributed by atoms with Gasteiger partial charge in [-0.15, -0.1) is 0 Å². The summed E-state index contributed by atoms with van der Waals surface area (Å²) < 4.78 is 42.1. The molecule has 0 bridgehead atoms. The van der Waals surface area contributed by atoms with Crippen molar-refractivity contribution in [1.29, 1.82) is 0 Å². The molecule has 11 heteroatoms. The maximum absolute atomic E-state index is 14.0. The fraction of sp³-hybridized carbons (Fsp3) is 0.500. The predicted molar refractivity (Wildman–Crippen MR) is 122 cm³/mol. The largest absolute Gasteiger partial charge is 0.412 e. The molecule has 180 valence electrons. The average Bonchev–Trinajstić information content (AvgIpc) is 2.73. The van der Waals surface area contributed by atoms with Gasteiger partial charge in [0.1, 0.15) is 0 Å². The van der Waals surface area contributed by atoms with E-state index in [1.807, 2.05) is 20.9 Å². The number of aromatic nitrogens is 2. The zero-order valence-corrected chi connectivity index (χ0v) is 20.3. The molecule has 0 radical (unpaired) electrons. The number of nitrogens with one attached hydrogen (secondary N) is 1. The third kappa shape index (κ3) is 5.53. The number of amides is 2. The first-order valence-corrected chi connectivity index (χ1v) is 11.1. The Morgan fingerprint density at radius 2 is 1.97 bits per heavy atom. The fourth-order valence-electron chi connectivity index (χ4n) is 4.46. The van der Waals surface area contributed by atoms with Gasteiger partial charge in [-0.25, -0.2) is 4.79 Å². The van der Waals surface area contributed by atoms with Crippen LogP contribution in [0.4, 0.5) is 18.0 Å². The Balaban J connectivity index is 1.89. The van der Waals surface area contributed by atoms with Crippen molar-refractivity contribution in [1.82, 2.24) is 25.1 Å². The van der Waals surface area contributed by atoms with Crippen LogP contribution in [0.3, 0.4) is 0 Å². The Labute approximate surface area is 201 Å². The minimum absolute atomic E-state index is 0.0945. The number of likely N-dealkylation sites (tertiary alicyclic amines) is 1. The smallest absolute Gasteiger partial charge is 0.324 e. The van der Waals surface area contributed by atoms with Crippen LogP contribution in [0.5, 0.6) is 0 Å². The van der Waals surface area contributed by atoms with Crippen LogP contribution in [0.1, 0.15) is 31.9 Å². The molecule has 6 nitrogen and oxygen atoms in total. The third-order valence-electron chi connectivity index (χ3n) is 6.01. The molecular weight excluding hydrogens is 478 g/mol. The van der Waals surface area contributed by atoms with Crippen LogP contribution in [0.25, 0.3) is 11.3 Å². The minimum Gasteiger partial charge on any atom is -0.324 e. The van der Waals surface area contributed by atoms with Crippen molar-refractivity contribution in [2.24, 2.45) is 5.41 Å². The molecular formula is C22H26Cl2F3N5O. The summed E-state index contributed by atoms with van der Waals surface area (Å²) in [5.74, 6) is 0. The lowest BCUT2D eigenvalue weighted by molar-refractivity contribution is -0.155. The van der Waals surface area contributed by atoms with Gasteiger partial charge in [-0.2, -0.15) is 13.2 Å². The molecule has 1 aromatic carbocycles. The van der Waals surface area contributed by atoms with Crippen molar-refractivity contribution in [2.45, 2.75) is 38.5 Å². The van der Waals surface area contributed by atoms with E-state index in [-0.39, 0.29) is 27.1 Å². The quantitative estimate of drug-likeness (QED) is 0.604. The monoisotopic (exact) mass is 503 g/mol. The molecule has 1 aliphatic heterocycles. The predicted octanol–water partition coefficient (Wildman–Crippen LogP) is 5.43. The summed E-state index contributed by atoms with van der Waals surface area (Å²) in [6.07, 6.45) is 0.194. The Morgan fingerprint density at radius 3 is 2.55 bits per heavy atom. The molecule has 1 fully saturated rings. The lowest BCUT2D eigenvalue weighted by Crippen LogP contribution is -2.57. The van der Waals surface area contributed by atoms with Crippen molar-refractivity contribution in [3.63, 3.8) is 0 Å². The van der Waals surface area contributed by atoms with Crippen molar-refractivity contribution in [2.75, 3.05) is 27.2 Å². The molecule has 1 aromatic heterocycles. The normalized spacial score (nSPS) is 19.7. The Bertz CT molecular complexity index is 1000. The molecule has 2 amide bonds. The molecule has 2 aromatic rings.